The summed E-state index contributed by atoms with van der Waals surface area (Å²) in [6.07, 6.45) is 1.75. The Bertz CT molecular complexity index is 793. The number of carbonyl (C=O) groups excluding carboxylic acids is 1. The third kappa shape index (κ3) is 2.03. The average molecular weight is 267 g/mol. The molecule has 0 aliphatic carbocycles. The zero-order chi connectivity index (χ0) is 14.1. The molecule has 0 fully saturated rings. The highest BCUT2D eigenvalue weighted by molar-refractivity contribution is 6.01. The fourth-order valence-electron chi connectivity index (χ4n) is 2.14. The van der Waals surface area contributed by atoms with E-state index < -0.39 is 5.97 Å². The van der Waals surface area contributed by atoms with Gasteiger partial charge in [0.1, 0.15) is 0 Å². The van der Waals surface area contributed by atoms with Gasteiger partial charge in [-0.15, -0.1) is 0 Å². The molecule has 5 heteroatoms. The minimum atomic E-state index is -0.448. The van der Waals surface area contributed by atoms with Crippen LogP contribution in [0, 0.1) is 6.92 Å². The molecule has 20 heavy (non-hydrogen) atoms. The van der Waals surface area contributed by atoms with Crippen LogP contribution in [-0.4, -0.2) is 28.3 Å². The molecule has 0 atom stereocenters. The van der Waals surface area contributed by atoms with Gasteiger partial charge < -0.3 is 4.74 Å². The number of methoxy groups -OCH3 is 1. The molecule has 0 radical (unpaired) electrons. The molecule has 0 saturated heterocycles. The van der Waals surface area contributed by atoms with Crippen LogP contribution < -0.4 is 0 Å². The van der Waals surface area contributed by atoms with Crippen LogP contribution in [0.15, 0.2) is 36.5 Å². The summed E-state index contributed by atoms with van der Waals surface area (Å²) >= 11 is 0. The number of rotatable bonds is 2. The van der Waals surface area contributed by atoms with Gasteiger partial charge >= 0.3 is 5.97 Å². The van der Waals surface area contributed by atoms with Gasteiger partial charge in [0.15, 0.2) is 11.3 Å². The highest BCUT2D eigenvalue weighted by atomic mass is 16.5. The Hall–Kier alpha value is -2.69. The Labute approximate surface area is 115 Å². The minimum Gasteiger partial charge on any atom is -0.464 e. The third-order valence-corrected chi connectivity index (χ3v) is 3.15. The van der Waals surface area contributed by atoms with E-state index >= 15 is 0 Å². The quantitative estimate of drug-likeness (QED) is 0.725. The van der Waals surface area contributed by atoms with Crippen LogP contribution in [0.25, 0.3) is 22.2 Å². The van der Waals surface area contributed by atoms with Gasteiger partial charge in [-0.3, -0.25) is 5.10 Å². The van der Waals surface area contributed by atoms with Crippen LogP contribution in [0.3, 0.4) is 0 Å². The number of carbonyl (C=O) groups is 1. The zero-order valence-electron chi connectivity index (χ0n) is 11.2. The predicted molar refractivity (Wildman–Crippen MR) is 75.4 cm³/mol. The van der Waals surface area contributed by atoms with Gasteiger partial charge in [0.25, 0.3) is 0 Å². The van der Waals surface area contributed by atoms with Crippen LogP contribution in [0.5, 0.6) is 0 Å². The van der Waals surface area contributed by atoms with Crippen molar-refractivity contribution in [2.75, 3.05) is 7.11 Å². The van der Waals surface area contributed by atoms with Crippen molar-refractivity contribution in [3.63, 3.8) is 0 Å². The second-order valence-corrected chi connectivity index (χ2v) is 4.55. The summed E-state index contributed by atoms with van der Waals surface area (Å²) in [5.74, 6) is -0.448. The number of nitrogens with zero attached hydrogens (tertiary/aromatic N) is 2. The number of pyridine rings is 1. The van der Waals surface area contributed by atoms with Crippen LogP contribution in [0.1, 0.15) is 16.1 Å². The normalized spacial score (nSPS) is 10.7. The van der Waals surface area contributed by atoms with Gasteiger partial charge in [-0.1, -0.05) is 29.8 Å². The van der Waals surface area contributed by atoms with Crippen molar-refractivity contribution in [3.8, 4) is 11.1 Å². The maximum atomic E-state index is 11.7. The molecule has 1 N–H and O–H groups in total. The van der Waals surface area contributed by atoms with Gasteiger partial charge in [-0.05, 0) is 18.6 Å². The summed E-state index contributed by atoms with van der Waals surface area (Å²) in [5, 5.41) is 7.33. The van der Waals surface area contributed by atoms with Crippen LogP contribution in [0.4, 0.5) is 0 Å². The van der Waals surface area contributed by atoms with Crippen molar-refractivity contribution in [3.05, 3.63) is 47.8 Å². The molecule has 100 valence electrons. The van der Waals surface area contributed by atoms with E-state index in [1.54, 1.807) is 6.20 Å². The van der Waals surface area contributed by atoms with Gasteiger partial charge in [-0.2, -0.15) is 5.10 Å². The van der Waals surface area contributed by atoms with E-state index in [1.807, 2.05) is 31.2 Å². The molecule has 0 saturated carbocycles. The van der Waals surface area contributed by atoms with Crippen molar-refractivity contribution in [2.24, 2.45) is 0 Å². The number of H-pyrrole nitrogens is 1. The second kappa shape index (κ2) is 4.77. The lowest BCUT2D eigenvalue weighted by Gasteiger charge is -2.03. The highest BCUT2D eigenvalue weighted by Crippen LogP contribution is 2.24. The molecule has 0 spiro atoms. The van der Waals surface area contributed by atoms with Crippen molar-refractivity contribution < 1.29 is 9.53 Å². The largest absolute Gasteiger partial charge is 0.464 e. The highest BCUT2D eigenvalue weighted by Gasteiger charge is 2.15. The number of hydrogen-bond acceptors (Lipinski definition) is 4. The Morgan fingerprint density at radius 3 is 2.85 bits per heavy atom. The minimum absolute atomic E-state index is 0.324. The second-order valence-electron chi connectivity index (χ2n) is 4.55. The Kier molecular flexibility index (Phi) is 2.95. The third-order valence-electron chi connectivity index (χ3n) is 3.15. The molecule has 0 aliphatic rings. The van der Waals surface area contributed by atoms with E-state index in [1.165, 1.54) is 12.7 Å². The number of aryl methyl sites for hydroxylation is 1. The molecule has 3 aromatic rings. The first kappa shape index (κ1) is 12.3. The standard InChI is InChI=1S/C15H13N3O2/c1-9-4-3-5-10(6-9)11-7-12-13(15(19)20-2)17-18-14(12)16-8-11/h3-8H,1-2H3,(H,16,17,18). The lowest BCUT2D eigenvalue weighted by molar-refractivity contribution is 0.0596. The molecule has 5 nitrogen and oxygen atoms in total. The first-order valence-electron chi connectivity index (χ1n) is 6.18. The molecule has 0 amide bonds. The molecule has 0 unspecified atom stereocenters. The fraction of sp³-hybridized carbons (Fsp3) is 0.133. The Morgan fingerprint density at radius 2 is 2.10 bits per heavy atom. The molecule has 0 bridgehead atoms. The maximum absolute atomic E-state index is 11.7. The molecular formula is C15H13N3O2. The topological polar surface area (TPSA) is 67.9 Å². The van der Waals surface area contributed by atoms with E-state index in [4.69, 9.17) is 4.74 Å². The number of nitrogens with one attached hydrogen (secondary N) is 1. The first-order valence-corrected chi connectivity index (χ1v) is 6.18. The summed E-state index contributed by atoms with van der Waals surface area (Å²) in [6, 6.07) is 10.00. The monoisotopic (exact) mass is 267 g/mol. The van der Waals surface area contributed by atoms with Gasteiger partial charge in [-0.25, -0.2) is 9.78 Å². The fourth-order valence-corrected chi connectivity index (χ4v) is 2.14. The zero-order valence-corrected chi connectivity index (χ0v) is 11.2. The number of fused-ring (bicyclic) bond motifs is 1. The van der Waals surface area contributed by atoms with E-state index in [-0.39, 0.29) is 0 Å². The number of hydrogen-bond donors (Lipinski definition) is 1. The number of aromatic amines is 1. The number of esters is 1. The van der Waals surface area contributed by atoms with Crippen LogP contribution >= 0.6 is 0 Å². The smallest absolute Gasteiger partial charge is 0.356 e. The maximum Gasteiger partial charge on any atom is 0.356 e. The molecule has 2 aromatic heterocycles. The predicted octanol–water partition coefficient (Wildman–Crippen LogP) is 2.72. The lowest BCUT2D eigenvalue weighted by atomic mass is 10.0. The number of benzene rings is 1. The molecule has 3 rings (SSSR count). The molecule has 2 heterocycles. The summed E-state index contributed by atoms with van der Waals surface area (Å²) in [4.78, 5) is 15.9. The Morgan fingerprint density at radius 1 is 1.25 bits per heavy atom. The van der Waals surface area contributed by atoms with Gasteiger partial charge in [0, 0.05) is 11.8 Å². The van der Waals surface area contributed by atoms with Crippen molar-refractivity contribution in [1.29, 1.82) is 0 Å². The number of aromatic nitrogens is 3. The summed E-state index contributed by atoms with van der Waals surface area (Å²) in [6.45, 7) is 2.03. The SMILES string of the molecule is COC(=O)c1[nH]nc2ncc(-c3cccc(C)c3)cc12. The molecule has 0 aliphatic heterocycles. The van der Waals surface area contributed by atoms with Crippen molar-refractivity contribution in [2.45, 2.75) is 6.92 Å². The van der Waals surface area contributed by atoms with Gasteiger partial charge in [0.05, 0.1) is 12.5 Å². The van der Waals surface area contributed by atoms with Crippen LogP contribution in [-0.2, 0) is 4.74 Å². The summed E-state index contributed by atoms with van der Waals surface area (Å²) in [5.41, 5.74) is 3.98. The van der Waals surface area contributed by atoms with E-state index in [0.29, 0.717) is 16.7 Å². The van der Waals surface area contributed by atoms with E-state index in [2.05, 4.69) is 21.2 Å². The van der Waals surface area contributed by atoms with Gasteiger partial charge in [0.2, 0.25) is 0 Å². The van der Waals surface area contributed by atoms with Crippen LogP contribution in [0.2, 0.25) is 0 Å². The number of ether oxygens (including phenoxy) is 1. The first-order chi connectivity index (χ1) is 9.69. The molecule has 1 aromatic carbocycles. The Balaban J connectivity index is 2.16. The van der Waals surface area contributed by atoms with E-state index in [9.17, 15) is 4.79 Å². The van der Waals surface area contributed by atoms with E-state index in [0.717, 1.165) is 11.1 Å². The average Bonchev–Trinajstić information content (AvgIpc) is 2.89. The molecular weight excluding hydrogens is 254 g/mol. The van der Waals surface area contributed by atoms with Crippen molar-refractivity contribution >= 4 is 17.0 Å². The van der Waals surface area contributed by atoms with Crippen molar-refractivity contribution in [1.82, 2.24) is 15.2 Å². The summed E-state index contributed by atoms with van der Waals surface area (Å²) < 4.78 is 4.73. The lowest BCUT2D eigenvalue weighted by Crippen LogP contribution is -2.02. The summed E-state index contributed by atoms with van der Waals surface area (Å²) in [7, 11) is 1.34.